The van der Waals surface area contributed by atoms with Gasteiger partial charge in [-0.2, -0.15) is 10.4 Å². The highest BCUT2D eigenvalue weighted by Crippen LogP contribution is 2.34. The molecule has 0 bridgehead atoms. The van der Waals surface area contributed by atoms with E-state index in [-0.39, 0.29) is 5.69 Å². The van der Waals surface area contributed by atoms with E-state index in [2.05, 4.69) is 54.8 Å². The van der Waals surface area contributed by atoms with E-state index in [0.717, 1.165) is 42.3 Å². The summed E-state index contributed by atoms with van der Waals surface area (Å²) in [4.78, 5) is 10.5. The first-order valence-corrected chi connectivity index (χ1v) is 9.37. The second-order valence-electron chi connectivity index (χ2n) is 6.88. The molecule has 0 radical (unpaired) electrons. The molecule has 0 spiro atoms. The lowest BCUT2D eigenvalue weighted by Gasteiger charge is -2.34. The van der Waals surface area contributed by atoms with Crippen molar-refractivity contribution in [3.05, 3.63) is 42.4 Å². The summed E-state index contributed by atoms with van der Waals surface area (Å²) in [6, 6.07) is 10.5. The third-order valence-corrected chi connectivity index (χ3v) is 4.81. The van der Waals surface area contributed by atoms with Gasteiger partial charge in [-0.1, -0.05) is 0 Å². The molecule has 0 amide bonds. The summed E-state index contributed by atoms with van der Waals surface area (Å²) < 4.78 is 5.65. The van der Waals surface area contributed by atoms with Crippen molar-refractivity contribution in [1.29, 1.82) is 5.26 Å². The van der Waals surface area contributed by atoms with E-state index in [1.54, 1.807) is 7.11 Å². The van der Waals surface area contributed by atoms with Crippen LogP contribution in [0, 0.1) is 11.3 Å². The number of hydrogen-bond donors (Lipinski definition) is 3. The Bertz CT molecular complexity index is 1020. The van der Waals surface area contributed by atoms with Crippen LogP contribution in [0.15, 0.2) is 36.7 Å². The van der Waals surface area contributed by atoms with Crippen molar-refractivity contribution in [2.24, 2.45) is 0 Å². The average Bonchev–Trinajstić information content (AvgIpc) is 3.22. The van der Waals surface area contributed by atoms with Crippen LogP contribution in [0.1, 0.15) is 12.6 Å². The number of benzene rings is 1. The van der Waals surface area contributed by atoms with Crippen LogP contribution in [0.2, 0.25) is 0 Å². The van der Waals surface area contributed by atoms with Crippen LogP contribution < -0.4 is 20.3 Å². The highest BCUT2D eigenvalue weighted by Gasteiger charge is 2.18. The number of nitriles is 1. The largest absolute Gasteiger partial charge is 0.496 e. The minimum Gasteiger partial charge on any atom is -0.496 e. The molecule has 1 aliphatic heterocycles. The number of rotatable bonds is 5. The normalized spacial score (nSPS) is 16.3. The number of aromatic nitrogens is 4. The molecule has 3 N–H and O–H groups in total. The fourth-order valence-corrected chi connectivity index (χ4v) is 3.37. The second kappa shape index (κ2) is 8.16. The number of nitrogens with one attached hydrogen (secondary N) is 3. The van der Waals surface area contributed by atoms with Crippen LogP contribution in [-0.4, -0.2) is 53.0 Å². The third-order valence-electron chi connectivity index (χ3n) is 4.81. The number of hydrogen-bond acceptors (Lipinski definition) is 8. The van der Waals surface area contributed by atoms with Gasteiger partial charge in [0.25, 0.3) is 0 Å². The number of anilines is 3. The third kappa shape index (κ3) is 4.12. The zero-order chi connectivity index (χ0) is 20.2. The number of methoxy groups -OCH3 is 1. The van der Waals surface area contributed by atoms with Gasteiger partial charge in [-0.05, 0) is 19.1 Å². The summed E-state index contributed by atoms with van der Waals surface area (Å²) in [5.41, 5.74) is 3.16. The predicted octanol–water partition coefficient (Wildman–Crippen LogP) is 2.29. The lowest BCUT2D eigenvalue weighted by atomic mass is 10.1. The summed E-state index contributed by atoms with van der Waals surface area (Å²) in [5.74, 6) is 1.89. The topological polar surface area (TPSA) is 115 Å². The highest BCUT2D eigenvalue weighted by molar-refractivity contribution is 5.73. The molecular weight excluding hydrogens is 368 g/mol. The summed E-state index contributed by atoms with van der Waals surface area (Å²) in [7, 11) is 1.67. The van der Waals surface area contributed by atoms with Gasteiger partial charge in [-0.25, -0.2) is 9.97 Å². The number of aromatic amines is 1. The Morgan fingerprint density at radius 1 is 1.24 bits per heavy atom. The summed E-state index contributed by atoms with van der Waals surface area (Å²) in [6.07, 6.45) is 2.91. The second-order valence-corrected chi connectivity index (χ2v) is 6.88. The van der Waals surface area contributed by atoms with Crippen LogP contribution >= 0.6 is 0 Å². The quantitative estimate of drug-likeness (QED) is 0.608. The van der Waals surface area contributed by atoms with Crippen LogP contribution in [0.3, 0.4) is 0 Å². The smallest absolute Gasteiger partial charge is 0.158 e. The minimum absolute atomic E-state index is 0.266. The molecule has 2 aromatic heterocycles. The lowest BCUT2D eigenvalue weighted by Crippen LogP contribution is -2.49. The van der Waals surface area contributed by atoms with E-state index in [9.17, 15) is 0 Å². The maximum Gasteiger partial charge on any atom is 0.158 e. The molecule has 1 atom stereocenters. The molecule has 9 heteroatoms. The van der Waals surface area contributed by atoms with Crippen molar-refractivity contribution in [1.82, 2.24) is 25.5 Å². The molecule has 1 aliphatic rings. The van der Waals surface area contributed by atoms with E-state index in [0.29, 0.717) is 17.7 Å². The first-order chi connectivity index (χ1) is 14.2. The molecule has 3 aromatic rings. The molecule has 9 nitrogen and oxygen atoms in total. The standard InChI is InChI=1S/C20H22N8O/c1-13-12-28(6-5-22-13)15-3-4-16(18(7-15)29-2)17-8-19(27-26-17)25-20-11-23-14(9-21)10-24-20/h3-4,7-8,10-11,13,22H,5-6,12H2,1-2H3,(H2,24,25,26,27)/t13-/m1/s1. The lowest BCUT2D eigenvalue weighted by molar-refractivity contribution is 0.415. The van der Waals surface area contributed by atoms with Crippen molar-refractivity contribution in [2.75, 3.05) is 37.0 Å². The Kier molecular flexibility index (Phi) is 5.27. The Hall–Kier alpha value is -3.64. The Morgan fingerprint density at radius 3 is 2.86 bits per heavy atom. The number of ether oxygens (including phenoxy) is 1. The van der Waals surface area contributed by atoms with Crippen LogP contribution in [0.4, 0.5) is 17.3 Å². The molecule has 1 aromatic carbocycles. The molecule has 1 fully saturated rings. The van der Waals surface area contributed by atoms with E-state index in [1.165, 1.54) is 12.4 Å². The Morgan fingerprint density at radius 2 is 2.14 bits per heavy atom. The molecule has 0 saturated carbocycles. The summed E-state index contributed by atoms with van der Waals surface area (Å²) in [5, 5.41) is 22.6. The number of H-pyrrole nitrogens is 1. The molecule has 29 heavy (non-hydrogen) atoms. The van der Waals surface area contributed by atoms with Crippen LogP contribution in [0.25, 0.3) is 11.3 Å². The predicted molar refractivity (Wildman–Crippen MR) is 110 cm³/mol. The van der Waals surface area contributed by atoms with Crippen LogP contribution in [0.5, 0.6) is 5.75 Å². The highest BCUT2D eigenvalue weighted by atomic mass is 16.5. The average molecular weight is 390 g/mol. The Balaban J connectivity index is 1.54. The summed E-state index contributed by atoms with van der Waals surface area (Å²) in [6.45, 7) is 5.09. The van der Waals surface area contributed by atoms with Gasteiger partial charge >= 0.3 is 0 Å². The van der Waals surface area contributed by atoms with Gasteiger partial charge < -0.3 is 20.3 Å². The number of nitrogens with zero attached hydrogens (tertiary/aromatic N) is 5. The fraction of sp³-hybridized carbons (Fsp3) is 0.300. The van der Waals surface area contributed by atoms with Gasteiger partial charge in [0, 0.05) is 49.1 Å². The molecule has 0 unspecified atom stereocenters. The first-order valence-electron chi connectivity index (χ1n) is 9.37. The van der Waals surface area contributed by atoms with Crippen molar-refractivity contribution in [3.63, 3.8) is 0 Å². The Labute approximate surface area is 168 Å². The van der Waals surface area contributed by atoms with Crippen molar-refractivity contribution in [2.45, 2.75) is 13.0 Å². The van der Waals surface area contributed by atoms with Crippen molar-refractivity contribution in [3.8, 4) is 23.1 Å². The monoisotopic (exact) mass is 390 g/mol. The minimum atomic E-state index is 0.266. The first kappa shape index (κ1) is 18.7. The molecule has 4 rings (SSSR count). The van der Waals surface area contributed by atoms with E-state index < -0.39 is 0 Å². The SMILES string of the molecule is COc1cc(N2CCN[C@H](C)C2)ccc1-c1cc(Nc2cnc(C#N)cn2)n[nH]1. The van der Waals surface area contributed by atoms with Gasteiger partial charge in [-0.15, -0.1) is 0 Å². The molecule has 1 saturated heterocycles. The molecular formula is C20H22N8O. The number of piperazine rings is 1. The van der Waals surface area contributed by atoms with Crippen molar-refractivity contribution >= 4 is 17.3 Å². The maximum atomic E-state index is 8.80. The maximum absolute atomic E-state index is 8.80. The zero-order valence-electron chi connectivity index (χ0n) is 16.3. The fourth-order valence-electron chi connectivity index (χ4n) is 3.37. The van der Waals surface area contributed by atoms with Gasteiger partial charge in [-0.3, -0.25) is 5.10 Å². The van der Waals surface area contributed by atoms with Gasteiger partial charge in [0.1, 0.15) is 17.6 Å². The van der Waals surface area contributed by atoms with E-state index in [1.807, 2.05) is 18.2 Å². The molecule has 0 aliphatic carbocycles. The van der Waals surface area contributed by atoms with Gasteiger partial charge in [0.05, 0.1) is 25.2 Å². The zero-order valence-corrected chi connectivity index (χ0v) is 16.3. The molecule has 3 heterocycles. The van der Waals surface area contributed by atoms with E-state index >= 15 is 0 Å². The molecule has 148 valence electrons. The van der Waals surface area contributed by atoms with Crippen LogP contribution in [-0.2, 0) is 0 Å². The summed E-state index contributed by atoms with van der Waals surface area (Å²) >= 11 is 0. The van der Waals surface area contributed by atoms with E-state index in [4.69, 9.17) is 10.00 Å². The van der Waals surface area contributed by atoms with Gasteiger partial charge in [0.2, 0.25) is 0 Å². The van der Waals surface area contributed by atoms with Crippen molar-refractivity contribution < 1.29 is 4.74 Å². The van der Waals surface area contributed by atoms with Gasteiger partial charge in [0.15, 0.2) is 11.5 Å².